The second-order valence-electron chi connectivity index (χ2n) is 10.3. The molecule has 0 saturated heterocycles. The van der Waals surface area contributed by atoms with E-state index in [1.54, 1.807) is 32.9 Å². The predicted molar refractivity (Wildman–Crippen MR) is 152 cm³/mol. The maximum absolute atomic E-state index is 14.8. The van der Waals surface area contributed by atoms with E-state index in [0.29, 0.717) is 18.0 Å². The van der Waals surface area contributed by atoms with Crippen molar-refractivity contribution in [2.45, 2.75) is 52.2 Å². The van der Waals surface area contributed by atoms with Gasteiger partial charge in [0.1, 0.15) is 17.4 Å². The van der Waals surface area contributed by atoms with Gasteiger partial charge in [0, 0.05) is 17.7 Å². The molecule has 1 atom stereocenters. The smallest absolute Gasteiger partial charge is 0.412 e. The molecule has 222 valence electrons. The Hall–Kier alpha value is -4.93. The number of carbonyl (C=O) groups excluding carboxylic acids is 3. The van der Waals surface area contributed by atoms with Gasteiger partial charge in [0.15, 0.2) is 11.6 Å². The summed E-state index contributed by atoms with van der Waals surface area (Å²) >= 11 is 0. The van der Waals surface area contributed by atoms with Crippen LogP contribution in [-0.2, 0) is 16.0 Å². The fraction of sp³-hybridized carbons (Fsp3) is 0.290. The zero-order chi connectivity index (χ0) is 30.9. The molecule has 0 spiro atoms. The molecule has 1 unspecified atom stereocenters. The summed E-state index contributed by atoms with van der Waals surface area (Å²) in [7, 11) is 0. The number of esters is 1. The summed E-state index contributed by atoms with van der Waals surface area (Å²) in [6, 6.07) is 14.3. The minimum absolute atomic E-state index is 0.148. The number of ether oxygens (including phenoxy) is 3. The molecule has 0 saturated carbocycles. The van der Waals surface area contributed by atoms with Gasteiger partial charge in [-0.05, 0) is 93.4 Å². The monoisotopic (exact) mass is 580 g/mol. The molecule has 42 heavy (non-hydrogen) atoms. The van der Waals surface area contributed by atoms with Crippen molar-refractivity contribution in [2.75, 3.05) is 11.9 Å². The average Bonchev–Trinajstić information content (AvgIpc) is 2.92. The minimum Gasteiger partial charge on any atom is -0.494 e. The third-order valence-corrected chi connectivity index (χ3v) is 5.60. The zero-order valence-corrected chi connectivity index (χ0v) is 23.7. The van der Waals surface area contributed by atoms with E-state index < -0.39 is 41.4 Å². The number of carboxylic acids is 1. The number of carbonyl (C=O) groups is 4. The molecule has 10 nitrogen and oxygen atoms in total. The Morgan fingerprint density at radius 1 is 0.929 bits per heavy atom. The fourth-order valence-electron chi connectivity index (χ4n) is 3.62. The third kappa shape index (κ3) is 9.61. The normalized spacial score (nSPS) is 11.6. The lowest BCUT2D eigenvalue weighted by atomic mass is 10.0. The summed E-state index contributed by atoms with van der Waals surface area (Å²) in [4.78, 5) is 48.9. The molecule has 0 aromatic heterocycles. The van der Waals surface area contributed by atoms with E-state index in [-0.39, 0.29) is 28.9 Å². The number of aliphatic carboxylic acids is 1. The van der Waals surface area contributed by atoms with Gasteiger partial charge in [0.25, 0.3) is 5.91 Å². The van der Waals surface area contributed by atoms with Crippen LogP contribution in [0.15, 0.2) is 66.7 Å². The minimum atomic E-state index is -1.38. The first-order valence-corrected chi connectivity index (χ1v) is 13.2. The summed E-state index contributed by atoms with van der Waals surface area (Å²) in [5.74, 6) is -3.38. The Labute approximate surface area is 242 Å². The number of halogens is 1. The van der Waals surface area contributed by atoms with E-state index in [9.17, 15) is 28.7 Å². The molecule has 0 radical (unpaired) electrons. The number of hydrogen-bond donors (Lipinski definition) is 3. The van der Waals surface area contributed by atoms with Crippen molar-refractivity contribution in [3.05, 3.63) is 89.2 Å². The Kier molecular flexibility index (Phi) is 10.6. The number of benzene rings is 3. The standard InChI is InChI=1S/C31H33FN2O8/c1-5-16-40-23-13-9-21(10-14-23)29(38)41-26-15-6-19(17-24(26)32)18-25(28(36)37)34-27(35)20-7-11-22(12-8-20)33-30(39)42-31(2,3)4/h6-15,17,25H,5,16,18H2,1-4H3,(H,33,39)(H,34,35)(H,36,37). The molecule has 3 aromatic rings. The van der Waals surface area contributed by atoms with Gasteiger partial charge in [0.2, 0.25) is 0 Å². The van der Waals surface area contributed by atoms with E-state index in [4.69, 9.17) is 14.2 Å². The summed E-state index contributed by atoms with van der Waals surface area (Å²) in [5.41, 5.74) is 0.304. The van der Waals surface area contributed by atoms with Gasteiger partial charge in [-0.1, -0.05) is 13.0 Å². The van der Waals surface area contributed by atoms with Crippen molar-refractivity contribution in [2.24, 2.45) is 0 Å². The van der Waals surface area contributed by atoms with Gasteiger partial charge in [-0.2, -0.15) is 0 Å². The molecule has 0 bridgehead atoms. The number of anilines is 1. The number of amides is 2. The Balaban J connectivity index is 1.60. The van der Waals surface area contributed by atoms with E-state index in [1.165, 1.54) is 48.5 Å². The second kappa shape index (κ2) is 14.1. The average molecular weight is 581 g/mol. The molecule has 3 rings (SSSR count). The highest BCUT2D eigenvalue weighted by Gasteiger charge is 2.23. The van der Waals surface area contributed by atoms with Gasteiger partial charge in [-0.15, -0.1) is 0 Å². The highest BCUT2D eigenvalue weighted by atomic mass is 19.1. The maximum Gasteiger partial charge on any atom is 0.412 e. The van der Waals surface area contributed by atoms with Crippen molar-refractivity contribution in [3.8, 4) is 11.5 Å². The molecule has 2 amide bonds. The van der Waals surface area contributed by atoms with Crippen LogP contribution in [0.1, 0.15) is 60.4 Å². The van der Waals surface area contributed by atoms with Crippen LogP contribution in [0.25, 0.3) is 0 Å². The quantitative estimate of drug-likeness (QED) is 0.197. The van der Waals surface area contributed by atoms with Crippen LogP contribution >= 0.6 is 0 Å². The summed E-state index contributed by atoms with van der Waals surface area (Å²) in [6.07, 6.45) is -0.0579. The predicted octanol–water partition coefficient (Wildman–Crippen LogP) is 5.61. The van der Waals surface area contributed by atoms with Crippen LogP contribution in [0.3, 0.4) is 0 Å². The lowest BCUT2D eigenvalue weighted by Gasteiger charge is -2.19. The van der Waals surface area contributed by atoms with Crippen LogP contribution in [0.5, 0.6) is 11.5 Å². The second-order valence-corrected chi connectivity index (χ2v) is 10.3. The number of nitrogens with one attached hydrogen (secondary N) is 2. The molecule has 3 aromatic carbocycles. The van der Waals surface area contributed by atoms with E-state index in [2.05, 4.69) is 10.6 Å². The molecular formula is C31H33FN2O8. The molecule has 0 heterocycles. The van der Waals surface area contributed by atoms with E-state index in [0.717, 1.165) is 12.5 Å². The lowest BCUT2D eigenvalue weighted by molar-refractivity contribution is -0.139. The maximum atomic E-state index is 14.8. The first-order chi connectivity index (χ1) is 19.8. The SMILES string of the molecule is CCCOc1ccc(C(=O)Oc2ccc(CC(NC(=O)c3ccc(NC(=O)OC(C)(C)C)cc3)C(=O)O)cc2F)cc1. The first-order valence-electron chi connectivity index (χ1n) is 13.2. The Bertz CT molecular complexity index is 1420. The Morgan fingerprint density at radius 3 is 2.14 bits per heavy atom. The van der Waals surface area contributed by atoms with E-state index in [1.807, 2.05) is 6.92 Å². The number of rotatable bonds is 11. The van der Waals surface area contributed by atoms with Crippen molar-refractivity contribution >= 4 is 29.6 Å². The first kappa shape index (κ1) is 31.6. The largest absolute Gasteiger partial charge is 0.494 e. The molecule has 0 aliphatic rings. The van der Waals surface area contributed by atoms with Crippen LogP contribution in [0.2, 0.25) is 0 Å². The van der Waals surface area contributed by atoms with Gasteiger partial charge in [-0.3, -0.25) is 10.1 Å². The third-order valence-electron chi connectivity index (χ3n) is 5.60. The summed E-state index contributed by atoms with van der Waals surface area (Å²) in [6.45, 7) is 7.68. The number of hydrogen-bond acceptors (Lipinski definition) is 7. The van der Waals surface area contributed by atoms with Gasteiger partial charge in [-0.25, -0.2) is 18.8 Å². The zero-order valence-electron chi connectivity index (χ0n) is 23.7. The highest BCUT2D eigenvalue weighted by molar-refractivity contribution is 5.97. The van der Waals surface area contributed by atoms with Crippen LogP contribution in [0, 0.1) is 5.82 Å². The number of carboxylic acid groups (broad SMARTS) is 1. The Morgan fingerprint density at radius 2 is 1.57 bits per heavy atom. The van der Waals surface area contributed by atoms with Crippen molar-refractivity contribution < 1.29 is 42.9 Å². The van der Waals surface area contributed by atoms with Gasteiger partial charge >= 0.3 is 18.0 Å². The topological polar surface area (TPSA) is 140 Å². The van der Waals surface area contributed by atoms with Crippen molar-refractivity contribution in [3.63, 3.8) is 0 Å². The van der Waals surface area contributed by atoms with Crippen LogP contribution in [0.4, 0.5) is 14.9 Å². The molecular weight excluding hydrogens is 547 g/mol. The van der Waals surface area contributed by atoms with E-state index >= 15 is 0 Å². The highest BCUT2D eigenvalue weighted by Crippen LogP contribution is 2.22. The molecule has 11 heteroatoms. The van der Waals surface area contributed by atoms with Crippen LogP contribution < -0.4 is 20.1 Å². The molecule has 0 fully saturated rings. The van der Waals surface area contributed by atoms with Gasteiger partial charge < -0.3 is 24.6 Å². The van der Waals surface area contributed by atoms with Gasteiger partial charge in [0.05, 0.1) is 12.2 Å². The van der Waals surface area contributed by atoms with Crippen molar-refractivity contribution in [1.82, 2.24) is 5.32 Å². The van der Waals surface area contributed by atoms with Crippen LogP contribution in [-0.4, -0.2) is 47.3 Å². The molecule has 3 N–H and O–H groups in total. The lowest BCUT2D eigenvalue weighted by Crippen LogP contribution is -2.42. The summed E-state index contributed by atoms with van der Waals surface area (Å²) < 4.78 is 30.6. The molecule has 0 aliphatic carbocycles. The van der Waals surface area contributed by atoms with Crippen molar-refractivity contribution in [1.29, 1.82) is 0 Å². The fourth-order valence-corrected chi connectivity index (χ4v) is 3.62. The summed E-state index contributed by atoms with van der Waals surface area (Å²) in [5, 5.41) is 14.6. The molecule has 0 aliphatic heterocycles.